The number of hydrogen-bond donors (Lipinski definition) is 0. The number of para-hydroxylation sites is 4. The second-order valence-electron chi connectivity index (χ2n) is 6.03. The zero-order valence-electron chi connectivity index (χ0n) is 13.6. The van der Waals surface area contributed by atoms with Gasteiger partial charge in [0.15, 0.2) is 11.6 Å². The molecule has 25 heavy (non-hydrogen) atoms. The maximum absolute atomic E-state index is 4.91. The number of benzene rings is 3. The molecule has 3 aromatic carbocycles. The van der Waals surface area contributed by atoms with Crippen molar-refractivity contribution in [1.82, 2.24) is 9.97 Å². The summed E-state index contributed by atoms with van der Waals surface area (Å²) in [6.07, 6.45) is 0. The summed E-state index contributed by atoms with van der Waals surface area (Å²) in [6.45, 7) is 0.694. The Morgan fingerprint density at radius 2 is 0.920 bits per heavy atom. The molecule has 1 aliphatic rings. The molecule has 0 saturated heterocycles. The average Bonchev–Trinajstić information content (AvgIpc) is 3.06. The van der Waals surface area contributed by atoms with Crippen LogP contribution in [0.5, 0.6) is 0 Å². The Morgan fingerprint density at radius 1 is 0.520 bits per heavy atom. The van der Waals surface area contributed by atoms with Gasteiger partial charge in [0.2, 0.25) is 0 Å². The van der Waals surface area contributed by atoms with Crippen molar-refractivity contribution in [2.75, 3.05) is 16.5 Å². The molecule has 0 unspecified atom stereocenters. The van der Waals surface area contributed by atoms with Gasteiger partial charge < -0.3 is 9.80 Å². The SMILES string of the molecule is c1ccc(N2CN(c3ccccc3)c3nc4ccccc4nc32)cc1. The zero-order valence-corrected chi connectivity index (χ0v) is 13.6. The minimum atomic E-state index is 0.694. The van der Waals surface area contributed by atoms with Crippen molar-refractivity contribution in [3.8, 4) is 0 Å². The van der Waals surface area contributed by atoms with Crippen molar-refractivity contribution >= 4 is 34.0 Å². The maximum atomic E-state index is 4.91. The van der Waals surface area contributed by atoms with Gasteiger partial charge in [-0.05, 0) is 36.4 Å². The Morgan fingerprint density at radius 3 is 1.36 bits per heavy atom. The third kappa shape index (κ3) is 2.31. The van der Waals surface area contributed by atoms with E-state index in [1.165, 1.54) is 0 Å². The molecule has 1 aromatic heterocycles. The number of aromatic nitrogens is 2. The fourth-order valence-electron chi connectivity index (χ4n) is 3.24. The van der Waals surface area contributed by atoms with E-state index < -0.39 is 0 Å². The van der Waals surface area contributed by atoms with E-state index in [-0.39, 0.29) is 0 Å². The number of rotatable bonds is 2. The van der Waals surface area contributed by atoms with Crippen molar-refractivity contribution in [2.24, 2.45) is 0 Å². The quantitative estimate of drug-likeness (QED) is 0.526. The van der Waals surface area contributed by atoms with Crippen molar-refractivity contribution in [3.63, 3.8) is 0 Å². The molecule has 0 atom stereocenters. The first-order valence-corrected chi connectivity index (χ1v) is 8.32. The predicted molar refractivity (Wildman–Crippen MR) is 102 cm³/mol. The molecule has 120 valence electrons. The molecule has 0 amide bonds. The lowest BCUT2D eigenvalue weighted by Gasteiger charge is -2.20. The molecule has 0 bridgehead atoms. The third-order valence-electron chi connectivity index (χ3n) is 4.46. The van der Waals surface area contributed by atoms with Gasteiger partial charge in [0.1, 0.15) is 6.67 Å². The smallest absolute Gasteiger partial charge is 0.179 e. The summed E-state index contributed by atoms with van der Waals surface area (Å²) in [6, 6.07) is 28.7. The second kappa shape index (κ2) is 5.60. The molecule has 0 aliphatic carbocycles. The highest BCUT2D eigenvalue weighted by atomic mass is 15.4. The molecule has 0 fully saturated rings. The van der Waals surface area contributed by atoms with Gasteiger partial charge in [-0.1, -0.05) is 48.5 Å². The summed E-state index contributed by atoms with van der Waals surface area (Å²) >= 11 is 0. The van der Waals surface area contributed by atoms with E-state index in [2.05, 4.69) is 58.3 Å². The monoisotopic (exact) mass is 324 g/mol. The number of fused-ring (bicyclic) bond motifs is 2. The maximum Gasteiger partial charge on any atom is 0.179 e. The first-order valence-electron chi connectivity index (χ1n) is 8.32. The van der Waals surface area contributed by atoms with Crippen LogP contribution >= 0.6 is 0 Å². The second-order valence-corrected chi connectivity index (χ2v) is 6.03. The van der Waals surface area contributed by atoms with Gasteiger partial charge in [0.25, 0.3) is 0 Å². The lowest BCUT2D eigenvalue weighted by molar-refractivity contribution is 0.977. The van der Waals surface area contributed by atoms with E-state index in [1.54, 1.807) is 0 Å². The summed E-state index contributed by atoms with van der Waals surface area (Å²) in [4.78, 5) is 14.2. The lowest BCUT2D eigenvalue weighted by atomic mass is 10.3. The minimum absolute atomic E-state index is 0.694. The average molecular weight is 324 g/mol. The summed E-state index contributed by atoms with van der Waals surface area (Å²) in [5.74, 6) is 1.79. The fraction of sp³-hybridized carbons (Fsp3) is 0.0476. The van der Waals surface area contributed by atoms with Crippen molar-refractivity contribution in [3.05, 3.63) is 84.9 Å². The summed E-state index contributed by atoms with van der Waals surface area (Å²) < 4.78 is 0. The molecule has 0 spiro atoms. The van der Waals surface area contributed by atoms with Gasteiger partial charge in [0.05, 0.1) is 11.0 Å². The first kappa shape index (κ1) is 14.0. The summed E-state index contributed by atoms with van der Waals surface area (Å²) in [7, 11) is 0. The van der Waals surface area contributed by atoms with Crippen LogP contribution < -0.4 is 9.80 Å². The first-order chi connectivity index (χ1) is 12.4. The number of hydrogen-bond acceptors (Lipinski definition) is 4. The molecule has 4 aromatic rings. The number of nitrogens with zero attached hydrogens (tertiary/aromatic N) is 4. The molecule has 5 rings (SSSR count). The molecule has 4 nitrogen and oxygen atoms in total. The molecule has 0 radical (unpaired) electrons. The van der Waals surface area contributed by atoms with E-state index >= 15 is 0 Å². The van der Waals surface area contributed by atoms with E-state index in [0.29, 0.717) is 6.67 Å². The van der Waals surface area contributed by atoms with Crippen molar-refractivity contribution in [1.29, 1.82) is 0 Å². The van der Waals surface area contributed by atoms with Crippen LogP contribution in [0.15, 0.2) is 84.9 Å². The topological polar surface area (TPSA) is 32.3 Å². The van der Waals surface area contributed by atoms with Crippen LogP contribution in [0.3, 0.4) is 0 Å². The molecule has 1 aliphatic heterocycles. The van der Waals surface area contributed by atoms with Gasteiger partial charge in [0, 0.05) is 11.4 Å². The van der Waals surface area contributed by atoms with E-state index in [4.69, 9.17) is 9.97 Å². The van der Waals surface area contributed by atoms with Gasteiger partial charge in [-0.25, -0.2) is 9.97 Å². The Hall–Kier alpha value is -3.40. The lowest BCUT2D eigenvalue weighted by Crippen LogP contribution is -2.24. The highest BCUT2D eigenvalue weighted by molar-refractivity contribution is 5.88. The summed E-state index contributed by atoms with van der Waals surface area (Å²) in [5, 5.41) is 0. The van der Waals surface area contributed by atoms with Crippen LogP contribution in [0.2, 0.25) is 0 Å². The van der Waals surface area contributed by atoms with Crippen molar-refractivity contribution < 1.29 is 0 Å². The molecule has 0 N–H and O–H groups in total. The van der Waals surface area contributed by atoms with Crippen molar-refractivity contribution in [2.45, 2.75) is 0 Å². The van der Waals surface area contributed by atoms with Crippen LogP contribution in [0, 0.1) is 0 Å². The Labute approximate surface area is 146 Å². The Kier molecular flexibility index (Phi) is 3.13. The third-order valence-corrected chi connectivity index (χ3v) is 4.46. The normalized spacial score (nSPS) is 13.3. The molecular formula is C21H16N4. The zero-order chi connectivity index (χ0) is 16.6. The Balaban J connectivity index is 1.72. The van der Waals surface area contributed by atoms with Crippen LogP contribution in [-0.2, 0) is 0 Å². The van der Waals surface area contributed by atoms with Gasteiger partial charge in [-0.3, -0.25) is 0 Å². The molecule has 0 saturated carbocycles. The highest BCUT2D eigenvalue weighted by Gasteiger charge is 2.31. The van der Waals surface area contributed by atoms with Crippen LogP contribution in [0.4, 0.5) is 23.0 Å². The van der Waals surface area contributed by atoms with Crippen LogP contribution in [0.1, 0.15) is 0 Å². The molecular weight excluding hydrogens is 308 g/mol. The van der Waals surface area contributed by atoms with Crippen LogP contribution in [-0.4, -0.2) is 16.6 Å². The molecule has 4 heteroatoms. The van der Waals surface area contributed by atoms with E-state index in [1.807, 2.05) is 36.4 Å². The fourth-order valence-corrected chi connectivity index (χ4v) is 3.24. The van der Waals surface area contributed by atoms with E-state index in [9.17, 15) is 0 Å². The van der Waals surface area contributed by atoms with Gasteiger partial charge in [-0.15, -0.1) is 0 Å². The highest BCUT2D eigenvalue weighted by Crippen LogP contribution is 2.42. The number of anilines is 4. The Bertz CT molecular complexity index is 947. The minimum Gasteiger partial charge on any atom is -0.305 e. The summed E-state index contributed by atoms with van der Waals surface area (Å²) in [5.41, 5.74) is 4.06. The standard InChI is InChI=1S/C21H16N4/c1-3-9-16(10-4-1)24-15-25(17-11-5-2-6-12-17)21-20(24)22-18-13-7-8-14-19(18)23-21/h1-14H,15H2. The molecule has 2 heterocycles. The van der Waals surface area contributed by atoms with E-state index in [0.717, 1.165) is 34.0 Å². The van der Waals surface area contributed by atoms with Gasteiger partial charge in [-0.2, -0.15) is 0 Å². The predicted octanol–water partition coefficient (Wildman–Crippen LogP) is 4.88. The van der Waals surface area contributed by atoms with Crippen LogP contribution in [0.25, 0.3) is 11.0 Å². The largest absolute Gasteiger partial charge is 0.305 e. The van der Waals surface area contributed by atoms with Gasteiger partial charge >= 0.3 is 0 Å².